The second kappa shape index (κ2) is 6.60. The van der Waals surface area contributed by atoms with Crippen molar-refractivity contribution < 1.29 is 4.79 Å². The lowest BCUT2D eigenvalue weighted by molar-refractivity contribution is -0.121. The highest BCUT2D eigenvalue weighted by molar-refractivity contribution is 9.10. The van der Waals surface area contributed by atoms with E-state index in [1.807, 2.05) is 6.07 Å². The first-order chi connectivity index (χ1) is 8.58. The molecule has 1 N–H and O–H groups in total. The molecule has 0 aliphatic heterocycles. The van der Waals surface area contributed by atoms with E-state index in [0.29, 0.717) is 4.34 Å². The van der Waals surface area contributed by atoms with Crippen LogP contribution in [0.3, 0.4) is 0 Å². The molecule has 100 valence electrons. The molecular formula is C12H14BrCl2NOS. The molecule has 6 heteroatoms. The van der Waals surface area contributed by atoms with E-state index in [0.717, 1.165) is 22.2 Å². The van der Waals surface area contributed by atoms with Gasteiger partial charge < -0.3 is 5.32 Å². The van der Waals surface area contributed by atoms with Gasteiger partial charge in [-0.1, -0.05) is 30.9 Å². The first kappa shape index (κ1) is 14.6. The van der Waals surface area contributed by atoms with Crippen LogP contribution in [0.4, 0.5) is 0 Å². The van der Waals surface area contributed by atoms with Crippen molar-refractivity contribution in [3.63, 3.8) is 0 Å². The number of hydrogen-bond donors (Lipinski definition) is 1. The van der Waals surface area contributed by atoms with E-state index in [-0.39, 0.29) is 11.9 Å². The van der Waals surface area contributed by atoms with Crippen molar-refractivity contribution >= 4 is 56.4 Å². The monoisotopic (exact) mass is 369 g/mol. The summed E-state index contributed by atoms with van der Waals surface area (Å²) in [6.07, 6.45) is 5.77. The summed E-state index contributed by atoms with van der Waals surface area (Å²) in [5.41, 5.74) is 0. The molecule has 1 fully saturated rings. The molecule has 1 aliphatic carbocycles. The molecule has 1 aromatic rings. The van der Waals surface area contributed by atoms with E-state index >= 15 is 0 Å². The molecule has 1 atom stereocenters. The van der Waals surface area contributed by atoms with E-state index in [9.17, 15) is 4.79 Å². The number of rotatable bonds is 3. The third kappa shape index (κ3) is 3.62. The predicted molar refractivity (Wildman–Crippen MR) is 80.6 cm³/mol. The largest absolute Gasteiger partial charge is 0.352 e. The maximum Gasteiger partial charge on any atom is 0.243 e. The Kier molecular flexibility index (Phi) is 5.36. The molecule has 0 aromatic carbocycles. The molecule has 0 radical (unpaired) electrons. The summed E-state index contributed by atoms with van der Waals surface area (Å²) in [5, 5.41) is 2.37. The van der Waals surface area contributed by atoms with E-state index in [4.69, 9.17) is 23.2 Å². The number of alkyl halides is 1. The van der Waals surface area contributed by atoms with Gasteiger partial charge in [0.15, 0.2) is 0 Å². The Labute approximate surface area is 129 Å². The molecule has 1 heterocycles. The Balaban J connectivity index is 1.95. The fraction of sp³-hybridized carbons (Fsp3) is 0.583. The average molecular weight is 371 g/mol. The van der Waals surface area contributed by atoms with Gasteiger partial charge in [0.1, 0.15) is 9.71 Å². The van der Waals surface area contributed by atoms with Crippen LogP contribution in [-0.2, 0) is 4.79 Å². The van der Waals surface area contributed by atoms with Crippen LogP contribution in [0, 0.1) is 0 Å². The molecule has 1 amide bonds. The second-order valence-corrected chi connectivity index (χ2v) is 7.45. The molecule has 0 spiro atoms. The fourth-order valence-corrected chi connectivity index (χ4v) is 4.11. The van der Waals surface area contributed by atoms with Gasteiger partial charge in [0.05, 0.1) is 0 Å². The number of carbonyl (C=O) groups is 1. The maximum absolute atomic E-state index is 12.0. The summed E-state index contributed by atoms with van der Waals surface area (Å²) in [7, 11) is 0. The van der Waals surface area contributed by atoms with Crippen LogP contribution in [-0.4, -0.2) is 11.9 Å². The van der Waals surface area contributed by atoms with Crippen LogP contribution in [0.2, 0.25) is 4.34 Å². The van der Waals surface area contributed by atoms with E-state index in [1.165, 1.54) is 30.6 Å². The molecule has 2 rings (SSSR count). The van der Waals surface area contributed by atoms with E-state index in [2.05, 4.69) is 21.2 Å². The van der Waals surface area contributed by atoms with Crippen molar-refractivity contribution in [1.29, 1.82) is 0 Å². The zero-order valence-electron chi connectivity index (χ0n) is 9.72. The Morgan fingerprint density at radius 3 is 2.67 bits per heavy atom. The first-order valence-corrected chi connectivity index (χ1v) is 8.39. The van der Waals surface area contributed by atoms with Crippen LogP contribution in [0.15, 0.2) is 10.5 Å². The van der Waals surface area contributed by atoms with Gasteiger partial charge in [0.25, 0.3) is 0 Å². The van der Waals surface area contributed by atoms with Gasteiger partial charge in [0.2, 0.25) is 5.91 Å². The minimum Gasteiger partial charge on any atom is -0.352 e. The van der Waals surface area contributed by atoms with Crippen LogP contribution in [0.1, 0.15) is 42.4 Å². The van der Waals surface area contributed by atoms with Gasteiger partial charge in [0, 0.05) is 15.4 Å². The highest BCUT2D eigenvalue weighted by Gasteiger charge is 2.24. The smallest absolute Gasteiger partial charge is 0.243 e. The molecule has 1 saturated carbocycles. The Morgan fingerprint density at radius 1 is 1.44 bits per heavy atom. The van der Waals surface area contributed by atoms with Crippen molar-refractivity contribution in [3.05, 3.63) is 19.8 Å². The summed E-state index contributed by atoms with van der Waals surface area (Å²) < 4.78 is 1.42. The SMILES string of the molecule is O=C(NC1CCCCC1)C(Cl)c1cc(Br)c(Cl)s1. The normalized spacial score (nSPS) is 18.6. The van der Waals surface area contributed by atoms with E-state index < -0.39 is 5.38 Å². The molecule has 1 aromatic heterocycles. The number of carbonyl (C=O) groups excluding carboxylic acids is 1. The van der Waals surface area contributed by atoms with Gasteiger partial charge in [-0.3, -0.25) is 4.79 Å². The van der Waals surface area contributed by atoms with Crippen molar-refractivity contribution in [1.82, 2.24) is 5.32 Å². The average Bonchev–Trinajstić information content (AvgIpc) is 2.70. The molecular weight excluding hydrogens is 357 g/mol. The lowest BCUT2D eigenvalue weighted by Gasteiger charge is -2.23. The van der Waals surface area contributed by atoms with Crippen LogP contribution >= 0.6 is 50.5 Å². The summed E-state index contributed by atoms with van der Waals surface area (Å²) >= 11 is 16.8. The number of hydrogen-bond acceptors (Lipinski definition) is 2. The van der Waals surface area contributed by atoms with Crippen molar-refractivity contribution in [2.75, 3.05) is 0 Å². The standard InChI is InChI=1S/C12H14BrCl2NOS/c13-8-6-9(18-11(8)15)10(14)12(17)16-7-4-2-1-3-5-7/h6-7,10H,1-5H2,(H,16,17). The summed E-state index contributed by atoms with van der Waals surface area (Å²) in [5.74, 6) is -0.117. The molecule has 2 nitrogen and oxygen atoms in total. The second-order valence-electron chi connectivity index (χ2n) is 4.48. The molecule has 18 heavy (non-hydrogen) atoms. The summed E-state index contributed by atoms with van der Waals surface area (Å²) in [6.45, 7) is 0. The topological polar surface area (TPSA) is 29.1 Å². The van der Waals surface area contributed by atoms with Gasteiger partial charge >= 0.3 is 0 Å². The lowest BCUT2D eigenvalue weighted by atomic mass is 9.95. The number of nitrogens with one attached hydrogen (secondary N) is 1. The van der Waals surface area contributed by atoms with Gasteiger partial charge in [-0.05, 0) is 34.8 Å². The zero-order chi connectivity index (χ0) is 13.1. The highest BCUT2D eigenvalue weighted by Crippen LogP contribution is 2.37. The predicted octanol–water partition coefficient (Wildman–Crippen LogP) is 4.89. The number of amides is 1. The zero-order valence-corrected chi connectivity index (χ0v) is 13.6. The lowest BCUT2D eigenvalue weighted by Crippen LogP contribution is -2.37. The minimum absolute atomic E-state index is 0.117. The third-order valence-corrected chi connectivity index (χ3v) is 6.20. The van der Waals surface area contributed by atoms with Crippen molar-refractivity contribution in [3.8, 4) is 0 Å². The Morgan fingerprint density at radius 2 is 2.11 bits per heavy atom. The van der Waals surface area contributed by atoms with Crippen LogP contribution in [0.25, 0.3) is 0 Å². The third-order valence-electron chi connectivity index (χ3n) is 3.10. The molecule has 0 saturated heterocycles. The fourth-order valence-electron chi connectivity index (χ4n) is 2.14. The Bertz CT molecular complexity index is 412. The maximum atomic E-state index is 12.0. The Hall–Kier alpha value is 0.230. The molecule has 1 unspecified atom stereocenters. The number of thiophene rings is 1. The van der Waals surface area contributed by atoms with Crippen LogP contribution in [0.5, 0.6) is 0 Å². The van der Waals surface area contributed by atoms with Gasteiger partial charge in [-0.2, -0.15) is 0 Å². The number of halogens is 3. The van der Waals surface area contributed by atoms with Gasteiger partial charge in [-0.15, -0.1) is 22.9 Å². The molecule has 0 bridgehead atoms. The highest BCUT2D eigenvalue weighted by atomic mass is 79.9. The summed E-state index contributed by atoms with van der Waals surface area (Å²) in [6, 6.07) is 2.09. The van der Waals surface area contributed by atoms with E-state index in [1.54, 1.807) is 0 Å². The molecule has 1 aliphatic rings. The minimum atomic E-state index is -0.652. The van der Waals surface area contributed by atoms with Crippen LogP contribution < -0.4 is 5.32 Å². The van der Waals surface area contributed by atoms with Crippen molar-refractivity contribution in [2.45, 2.75) is 43.5 Å². The summed E-state index contributed by atoms with van der Waals surface area (Å²) in [4.78, 5) is 12.8. The quantitative estimate of drug-likeness (QED) is 0.753. The first-order valence-electron chi connectivity index (χ1n) is 5.97. The van der Waals surface area contributed by atoms with Crippen molar-refractivity contribution in [2.24, 2.45) is 0 Å². The van der Waals surface area contributed by atoms with Gasteiger partial charge in [-0.25, -0.2) is 0 Å².